The summed E-state index contributed by atoms with van der Waals surface area (Å²) in [5.74, 6) is 5.61. The molecular weight excluding hydrogens is 216 g/mol. The molecule has 0 aliphatic rings. The van der Waals surface area contributed by atoms with Crippen LogP contribution in [0.25, 0.3) is 21.3 Å². The number of hydrogen-bond donors (Lipinski definition) is 1. The van der Waals surface area contributed by atoms with Crippen LogP contribution in [0.5, 0.6) is 0 Å². The van der Waals surface area contributed by atoms with Crippen molar-refractivity contribution in [3.8, 4) is 11.8 Å². The number of azide groups is 1. The van der Waals surface area contributed by atoms with Gasteiger partial charge in [0.2, 0.25) is 0 Å². The SMILES string of the molecule is [N-]=[N+]=NCC#Cc1ccc2c(C=O)c[nH]c2c1. The van der Waals surface area contributed by atoms with E-state index in [-0.39, 0.29) is 6.54 Å². The van der Waals surface area contributed by atoms with Crippen LogP contribution in [0.4, 0.5) is 0 Å². The summed E-state index contributed by atoms with van der Waals surface area (Å²) in [7, 11) is 0. The number of carbonyl (C=O) groups excluding carboxylic acids is 1. The second-order valence-electron chi connectivity index (χ2n) is 3.31. The number of carbonyl (C=O) groups is 1. The molecule has 0 bridgehead atoms. The molecule has 0 spiro atoms. The van der Waals surface area contributed by atoms with Gasteiger partial charge in [0.1, 0.15) is 0 Å². The molecule has 0 unspecified atom stereocenters. The average molecular weight is 224 g/mol. The number of nitrogens with one attached hydrogen (secondary N) is 1. The number of hydrogen-bond acceptors (Lipinski definition) is 2. The van der Waals surface area contributed by atoms with Gasteiger partial charge in [-0.1, -0.05) is 23.0 Å². The van der Waals surface area contributed by atoms with E-state index in [4.69, 9.17) is 5.53 Å². The number of aromatic amines is 1. The first-order valence-electron chi connectivity index (χ1n) is 4.91. The molecule has 2 rings (SSSR count). The van der Waals surface area contributed by atoms with Gasteiger partial charge in [-0.25, -0.2) is 0 Å². The maximum atomic E-state index is 10.7. The number of fused-ring (bicyclic) bond motifs is 1. The lowest BCUT2D eigenvalue weighted by molar-refractivity contribution is 0.112. The summed E-state index contributed by atoms with van der Waals surface area (Å²) in [6.07, 6.45) is 2.47. The van der Waals surface area contributed by atoms with Gasteiger partial charge in [-0.3, -0.25) is 4.79 Å². The summed E-state index contributed by atoms with van der Waals surface area (Å²) in [4.78, 5) is 16.3. The maximum Gasteiger partial charge on any atom is 0.152 e. The van der Waals surface area contributed by atoms with Crippen molar-refractivity contribution in [1.29, 1.82) is 0 Å². The van der Waals surface area contributed by atoms with Gasteiger partial charge in [-0.05, 0) is 17.7 Å². The third-order valence-corrected chi connectivity index (χ3v) is 2.29. The Hall–Kier alpha value is -2.70. The molecule has 0 saturated carbocycles. The van der Waals surface area contributed by atoms with Crippen molar-refractivity contribution in [3.63, 3.8) is 0 Å². The molecule has 0 radical (unpaired) electrons. The van der Waals surface area contributed by atoms with Gasteiger partial charge < -0.3 is 4.98 Å². The zero-order chi connectivity index (χ0) is 12.1. The summed E-state index contributed by atoms with van der Waals surface area (Å²) in [6.45, 7) is 0.152. The van der Waals surface area contributed by atoms with Crippen molar-refractivity contribution in [3.05, 3.63) is 46.0 Å². The lowest BCUT2D eigenvalue weighted by atomic mass is 10.1. The molecule has 1 N–H and O–H groups in total. The monoisotopic (exact) mass is 224 g/mol. The van der Waals surface area contributed by atoms with Crippen molar-refractivity contribution in [1.82, 2.24) is 4.98 Å². The van der Waals surface area contributed by atoms with E-state index in [0.717, 1.165) is 22.8 Å². The molecule has 0 amide bonds. The number of nitrogens with zero attached hydrogens (tertiary/aromatic N) is 3. The summed E-state index contributed by atoms with van der Waals surface area (Å²) in [6, 6.07) is 5.52. The topological polar surface area (TPSA) is 81.6 Å². The van der Waals surface area contributed by atoms with Crippen molar-refractivity contribution in [2.24, 2.45) is 5.11 Å². The largest absolute Gasteiger partial charge is 0.360 e. The molecule has 1 heterocycles. The van der Waals surface area contributed by atoms with Crippen molar-refractivity contribution >= 4 is 17.2 Å². The van der Waals surface area contributed by atoms with E-state index >= 15 is 0 Å². The molecule has 0 aliphatic heterocycles. The number of rotatable bonds is 2. The minimum atomic E-state index is 0.152. The smallest absolute Gasteiger partial charge is 0.152 e. The fourth-order valence-electron chi connectivity index (χ4n) is 1.53. The standard InChI is InChI=1S/C12H8N4O/c13-16-15-5-1-2-9-3-4-11-10(8-17)7-14-12(11)6-9/h3-4,6-8,14H,5H2. The first-order chi connectivity index (χ1) is 8.35. The Morgan fingerprint density at radius 1 is 1.53 bits per heavy atom. The minimum Gasteiger partial charge on any atom is -0.360 e. The first-order valence-corrected chi connectivity index (χ1v) is 4.91. The van der Waals surface area contributed by atoms with Crippen LogP contribution in [0.3, 0.4) is 0 Å². The fourth-order valence-corrected chi connectivity index (χ4v) is 1.53. The number of benzene rings is 1. The Morgan fingerprint density at radius 2 is 2.41 bits per heavy atom. The van der Waals surface area contributed by atoms with Crippen LogP contribution in [0.2, 0.25) is 0 Å². The molecule has 0 atom stereocenters. The van der Waals surface area contributed by atoms with Crippen LogP contribution in [0.15, 0.2) is 29.5 Å². The molecule has 0 aliphatic carbocycles. The highest BCUT2D eigenvalue weighted by atomic mass is 16.1. The molecule has 0 saturated heterocycles. The van der Waals surface area contributed by atoms with Crippen molar-refractivity contribution in [2.75, 3.05) is 6.54 Å². The zero-order valence-corrected chi connectivity index (χ0v) is 8.84. The fraction of sp³-hybridized carbons (Fsp3) is 0.0833. The zero-order valence-electron chi connectivity index (χ0n) is 8.84. The van der Waals surface area contributed by atoms with Gasteiger partial charge in [-0.2, -0.15) is 0 Å². The Morgan fingerprint density at radius 3 is 3.18 bits per heavy atom. The molecule has 0 fully saturated rings. The van der Waals surface area contributed by atoms with Gasteiger partial charge in [-0.15, -0.1) is 0 Å². The van der Waals surface area contributed by atoms with E-state index in [0.29, 0.717) is 5.56 Å². The first kappa shape index (κ1) is 10.8. The lowest BCUT2D eigenvalue weighted by Gasteiger charge is -1.92. The molecule has 5 nitrogen and oxygen atoms in total. The Labute approximate surface area is 97.1 Å². The predicted molar refractivity (Wildman–Crippen MR) is 64.6 cm³/mol. The van der Waals surface area contributed by atoms with E-state index in [1.165, 1.54) is 0 Å². The van der Waals surface area contributed by atoms with Gasteiger partial charge in [0.25, 0.3) is 0 Å². The normalized spacial score (nSPS) is 9.18. The maximum absolute atomic E-state index is 10.7. The van der Waals surface area contributed by atoms with E-state index in [2.05, 4.69) is 26.9 Å². The second-order valence-corrected chi connectivity index (χ2v) is 3.31. The van der Waals surface area contributed by atoms with E-state index < -0.39 is 0 Å². The van der Waals surface area contributed by atoms with Gasteiger partial charge >= 0.3 is 0 Å². The molecule has 17 heavy (non-hydrogen) atoms. The van der Waals surface area contributed by atoms with E-state index in [9.17, 15) is 4.79 Å². The van der Waals surface area contributed by atoms with Crippen LogP contribution in [0, 0.1) is 11.8 Å². The summed E-state index contributed by atoms with van der Waals surface area (Å²) in [5.41, 5.74) is 10.4. The minimum absolute atomic E-state index is 0.152. The Balaban J connectivity index is 2.34. The molecule has 5 heteroatoms. The second kappa shape index (κ2) is 4.88. The number of aromatic nitrogens is 1. The van der Waals surface area contributed by atoms with Crippen LogP contribution in [-0.4, -0.2) is 17.8 Å². The predicted octanol–water partition coefficient (Wildman–Crippen LogP) is 2.64. The average Bonchev–Trinajstić information content (AvgIpc) is 2.77. The van der Waals surface area contributed by atoms with Crippen LogP contribution >= 0.6 is 0 Å². The highest BCUT2D eigenvalue weighted by Crippen LogP contribution is 2.17. The summed E-state index contributed by atoms with van der Waals surface area (Å²) in [5, 5.41) is 4.19. The van der Waals surface area contributed by atoms with Gasteiger partial charge in [0.05, 0.1) is 6.54 Å². The van der Waals surface area contributed by atoms with Gasteiger partial charge in [0.15, 0.2) is 6.29 Å². The van der Waals surface area contributed by atoms with E-state index in [1.54, 1.807) is 6.20 Å². The summed E-state index contributed by atoms with van der Waals surface area (Å²) < 4.78 is 0. The van der Waals surface area contributed by atoms with Crippen LogP contribution in [-0.2, 0) is 0 Å². The summed E-state index contributed by atoms with van der Waals surface area (Å²) >= 11 is 0. The highest BCUT2D eigenvalue weighted by Gasteiger charge is 2.01. The molecule has 2 aromatic rings. The quantitative estimate of drug-likeness (QED) is 0.275. The number of aldehydes is 1. The number of H-pyrrole nitrogens is 1. The van der Waals surface area contributed by atoms with Crippen LogP contribution in [0.1, 0.15) is 15.9 Å². The van der Waals surface area contributed by atoms with E-state index in [1.807, 2.05) is 18.2 Å². The molecular formula is C12H8N4O. The van der Waals surface area contributed by atoms with Crippen molar-refractivity contribution < 1.29 is 4.79 Å². The lowest BCUT2D eigenvalue weighted by Crippen LogP contribution is -1.78. The third kappa shape index (κ3) is 2.28. The highest BCUT2D eigenvalue weighted by molar-refractivity contribution is 5.97. The molecule has 1 aromatic heterocycles. The Bertz CT molecular complexity index is 669. The van der Waals surface area contributed by atoms with Gasteiger partial charge in [0, 0.05) is 33.1 Å². The third-order valence-electron chi connectivity index (χ3n) is 2.29. The van der Waals surface area contributed by atoms with Crippen LogP contribution < -0.4 is 0 Å². The van der Waals surface area contributed by atoms with Crippen molar-refractivity contribution in [2.45, 2.75) is 0 Å². The molecule has 82 valence electrons. The Kier molecular flexibility index (Phi) is 3.10. The molecule has 1 aromatic carbocycles.